The Morgan fingerprint density at radius 1 is 1.00 bits per heavy atom. The smallest absolute Gasteiger partial charge is 0.0406 e. The van der Waals surface area contributed by atoms with Gasteiger partial charge in [-0.25, -0.2) is 0 Å². The van der Waals surface area contributed by atoms with Gasteiger partial charge in [-0.3, -0.25) is 9.97 Å². The van der Waals surface area contributed by atoms with Gasteiger partial charge in [0, 0.05) is 24.3 Å². The average molecular weight is 268 g/mol. The van der Waals surface area contributed by atoms with Crippen LogP contribution in [-0.4, -0.2) is 9.97 Å². The maximum atomic E-state index is 4.47. The van der Waals surface area contributed by atoms with Crippen LogP contribution >= 0.6 is 0 Å². The van der Waals surface area contributed by atoms with Gasteiger partial charge in [0.05, 0.1) is 0 Å². The molecule has 2 aromatic rings. The molecule has 0 saturated heterocycles. The average Bonchev–Trinajstić information content (AvgIpc) is 2.49. The Kier molecular flexibility index (Phi) is 6.22. The van der Waals surface area contributed by atoms with Crippen molar-refractivity contribution in [3.63, 3.8) is 0 Å². The largest absolute Gasteiger partial charge is 0.264 e. The van der Waals surface area contributed by atoms with Crippen LogP contribution in [0.25, 0.3) is 0 Å². The Balaban J connectivity index is 1.96. The summed E-state index contributed by atoms with van der Waals surface area (Å²) in [6.45, 7) is 2.26. The van der Waals surface area contributed by atoms with Crippen molar-refractivity contribution in [2.75, 3.05) is 0 Å². The maximum Gasteiger partial charge on any atom is 0.0406 e. The highest BCUT2D eigenvalue weighted by Gasteiger charge is 2.11. The third-order valence-corrected chi connectivity index (χ3v) is 3.69. The lowest BCUT2D eigenvalue weighted by atomic mass is 9.90. The fourth-order valence-corrected chi connectivity index (χ4v) is 2.63. The minimum absolute atomic E-state index is 0.667. The van der Waals surface area contributed by atoms with Crippen LogP contribution in [0.3, 0.4) is 0 Å². The van der Waals surface area contributed by atoms with Gasteiger partial charge in [-0.2, -0.15) is 0 Å². The van der Waals surface area contributed by atoms with Gasteiger partial charge in [0.2, 0.25) is 0 Å². The molecule has 2 heteroatoms. The van der Waals surface area contributed by atoms with Crippen LogP contribution in [0.5, 0.6) is 0 Å². The Labute approximate surface area is 122 Å². The molecule has 2 nitrogen and oxygen atoms in total. The van der Waals surface area contributed by atoms with Crippen LogP contribution in [0.2, 0.25) is 0 Å². The van der Waals surface area contributed by atoms with Crippen molar-refractivity contribution in [3.05, 3.63) is 60.2 Å². The van der Waals surface area contributed by atoms with E-state index in [1.54, 1.807) is 0 Å². The molecule has 106 valence electrons. The van der Waals surface area contributed by atoms with Crippen molar-refractivity contribution >= 4 is 0 Å². The summed E-state index contributed by atoms with van der Waals surface area (Å²) in [5, 5.41) is 0. The molecular formula is C18H24N2. The molecule has 0 aliphatic rings. The molecular weight excluding hydrogens is 244 g/mol. The molecule has 2 aromatic heterocycles. The first-order valence-electron chi connectivity index (χ1n) is 7.67. The summed E-state index contributed by atoms with van der Waals surface area (Å²) in [4.78, 5) is 8.70. The first kappa shape index (κ1) is 14.7. The first-order chi connectivity index (χ1) is 9.88. The second-order valence-electron chi connectivity index (χ2n) is 5.45. The van der Waals surface area contributed by atoms with Crippen LogP contribution in [0.1, 0.15) is 43.9 Å². The van der Waals surface area contributed by atoms with E-state index in [4.69, 9.17) is 0 Å². The first-order valence-corrected chi connectivity index (χ1v) is 7.67. The third-order valence-electron chi connectivity index (χ3n) is 3.69. The fraction of sp³-hybridized carbons (Fsp3) is 0.444. The van der Waals surface area contributed by atoms with E-state index in [1.807, 2.05) is 30.7 Å². The molecule has 0 aliphatic heterocycles. The lowest BCUT2D eigenvalue weighted by Crippen LogP contribution is -2.10. The Morgan fingerprint density at radius 3 is 2.65 bits per heavy atom. The predicted molar refractivity (Wildman–Crippen MR) is 83.5 cm³/mol. The second kappa shape index (κ2) is 8.47. The summed E-state index contributed by atoms with van der Waals surface area (Å²) < 4.78 is 0. The molecule has 0 fully saturated rings. The number of rotatable bonds is 8. The standard InChI is InChI=1S/C18H24N2/c1-2-3-4-8-16(13-17-9-7-11-19-15-17)14-18-10-5-6-12-20-18/h5-7,9-12,15-16H,2-4,8,13-14H2,1H3. The number of aromatic nitrogens is 2. The molecule has 0 saturated carbocycles. The number of hydrogen-bond acceptors (Lipinski definition) is 2. The number of pyridine rings is 2. The van der Waals surface area contributed by atoms with Crippen LogP contribution in [0, 0.1) is 5.92 Å². The Bertz CT molecular complexity index is 426. The summed E-state index contributed by atoms with van der Waals surface area (Å²) >= 11 is 0. The van der Waals surface area contributed by atoms with Crippen molar-refractivity contribution in [2.45, 2.75) is 45.4 Å². The van der Waals surface area contributed by atoms with Crippen molar-refractivity contribution < 1.29 is 0 Å². The summed E-state index contributed by atoms with van der Waals surface area (Å²) in [5.41, 5.74) is 2.54. The fourth-order valence-electron chi connectivity index (χ4n) is 2.63. The highest BCUT2D eigenvalue weighted by atomic mass is 14.7. The van der Waals surface area contributed by atoms with E-state index in [0.717, 1.165) is 12.8 Å². The summed E-state index contributed by atoms with van der Waals surface area (Å²) in [6.07, 6.45) is 13.1. The quantitative estimate of drug-likeness (QED) is 0.661. The number of nitrogens with zero attached hydrogens (tertiary/aromatic N) is 2. The molecule has 20 heavy (non-hydrogen) atoms. The molecule has 1 unspecified atom stereocenters. The summed E-state index contributed by atoms with van der Waals surface area (Å²) in [7, 11) is 0. The second-order valence-corrected chi connectivity index (χ2v) is 5.45. The van der Waals surface area contributed by atoms with Crippen molar-refractivity contribution in [2.24, 2.45) is 5.92 Å². The van der Waals surface area contributed by atoms with Gasteiger partial charge in [0.25, 0.3) is 0 Å². The molecule has 0 N–H and O–H groups in total. The third kappa shape index (κ3) is 5.12. The van der Waals surface area contributed by atoms with Crippen molar-refractivity contribution in [3.8, 4) is 0 Å². The molecule has 0 aliphatic carbocycles. The van der Waals surface area contributed by atoms with E-state index >= 15 is 0 Å². The lowest BCUT2D eigenvalue weighted by molar-refractivity contribution is 0.448. The topological polar surface area (TPSA) is 25.8 Å². The molecule has 0 spiro atoms. The SMILES string of the molecule is CCCCCC(Cc1cccnc1)Cc1ccccn1. The minimum atomic E-state index is 0.667. The van der Waals surface area contributed by atoms with Crippen molar-refractivity contribution in [1.82, 2.24) is 9.97 Å². The van der Waals surface area contributed by atoms with E-state index in [0.29, 0.717) is 5.92 Å². The van der Waals surface area contributed by atoms with Crippen LogP contribution < -0.4 is 0 Å². The zero-order valence-corrected chi connectivity index (χ0v) is 12.3. The maximum absolute atomic E-state index is 4.47. The Morgan fingerprint density at radius 2 is 1.95 bits per heavy atom. The molecule has 0 radical (unpaired) electrons. The molecule has 0 bridgehead atoms. The van der Waals surface area contributed by atoms with E-state index in [1.165, 1.54) is 36.9 Å². The van der Waals surface area contributed by atoms with E-state index in [2.05, 4.69) is 35.1 Å². The zero-order chi connectivity index (χ0) is 14.0. The molecule has 2 rings (SSSR count). The van der Waals surface area contributed by atoms with Crippen LogP contribution in [0.15, 0.2) is 48.9 Å². The van der Waals surface area contributed by atoms with Gasteiger partial charge in [0.1, 0.15) is 0 Å². The normalized spacial score (nSPS) is 12.2. The van der Waals surface area contributed by atoms with Crippen LogP contribution in [-0.2, 0) is 12.8 Å². The Hall–Kier alpha value is -1.70. The zero-order valence-electron chi connectivity index (χ0n) is 12.3. The molecule has 0 amide bonds. The van der Waals surface area contributed by atoms with Gasteiger partial charge < -0.3 is 0 Å². The minimum Gasteiger partial charge on any atom is -0.264 e. The summed E-state index contributed by atoms with van der Waals surface area (Å²) in [6, 6.07) is 10.4. The highest BCUT2D eigenvalue weighted by Crippen LogP contribution is 2.19. The van der Waals surface area contributed by atoms with Crippen LogP contribution in [0.4, 0.5) is 0 Å². The number of unbranched alkanes of at least 4 members (excludes halogenated alkanes) is 2. The van der Waals surface area contributed by atoms with Crippen molar-refractivity contribution in [1.29, 1.82) is 0 Å². The summed E-state index contributed by atoms with van der Waals surface area (Å²) in [5.74, 6) is 0.667. The lowest BCUT2D eigenvalue weighted by Gasteiger charge is -2.16. The molecule has 2 heterocycles. The highest BCUT2D eigenvalue weighted by molar-refractivity contribution is 5.11. The van der Waals surface area contributed by atoms with Gasteiger partial charge in [0.15, 0.2) is 0 Å². The molecule has 0 aromatic carbocycles. The van der Waals surface area contributed by atoms with Gasteiger partial charge in [-0.15, -0.1) is 0 Å². The van der Waals surface area contributed by atoms with Gasteiger partial charge in [-0.05, 0) is 48.9 Å². The molecule has 1 atom stereocenters. The van der Waals surface area contributed by atoms with Gasteiger partial charge >= 0.3 is 0 Å². The number of hydrogen-bond donors (Lipinski definition) is 0. The van der Waals surface area contributed by atoms with E-state index < -0.39 is 0 Å². The predicted octanol–water partition coefficient (Wildman–Crippen LogP) is 4.46. The monoisotopic (exact) mass is 268 g/mol. The van der Waals surface area contributed by atoms with Gasteiger partial charge in [-0.1, -0.05) is 38.3 Å². The van der Waals surface area contributed by atoms with E-state index in [-0.39, 0.29) is 0 Å². The van der Waals surface area contributed by atoms with E-state index in [9.17, 15) is 0 Å².